The maximum absolute atomic E-state index is 12.4. The lowest BCUT2D eigenvalue weighted by Gasteiger charge is -2.13. The van der Waals surface area contributed by atoms with Gasteiger partial charge < -0.3 is 4.74 Å². The van der Waals surface area contributed by atoms with Crippen LogP contribution in [0.2, 0.25) is 0 Å². The molecule has 1 aromatic rings. The Kier molecular flexibility index (Phi) is 5.14. The number of thiol groups is 1. The first kappa shape index (κ1) is 15.7. The molecule has 0 aliphatic carbocycles. The predicted molar refractivity (Wildman–Crippen MR) is 66.3 cm³/mol. The van der Waals surface area contributed by atoms with E-state index in [0.29, 0.717) is 0 Å². The van der Waals surface area contributed by atoms with E-state index in [-0.39, 0.29) is 27.5 Å². The van der Waals surface area contributed by atoms with Crippen LogP contribution in [0.15, 0.2) is 21.9 Å². The summed E-state index contributed by atoms with van der Waals surface area (Å²) in [4.78, 5) is 11.2. The lowest BCUT2D eigenvalue weighted by Crippen LogP contribution is -2.10. The van der Waals surface area contributed by atoms with Gasteiger partial charge in [0.05, 0.1) is 23.8 Å². The highest BCUT2D eigenvalue weighted by atomic mass is 32.2. The van der Waals surface area contributed by atoms with Gasteiger partial charge in [-0.15, -0.1) is 12.6 Å². The van der Waals surface area contributed by atoms with Crippen molar-refractivity contribution in [2.24, 2.45) is 0 Å². The zero-order valence-corrected chi connectivity index (χ0v) is 11.3. The van der Waals surface area contributed by atoms with E-state index < -0.39 is 23.2 Å². The summed E-state index contributed by atoms with van der Waals surface area (Å²) < 4.78 is 42.0. The van der Waals surface area contributed by atoms with E-state index in [1.807, 2.05) is 0 Å². The molecular formula is C11H8F3NO2S2. The fraction of sp³-hybridized carbons (Fsp3) is 0.273. The summed E-state index contributed by atoms with van der Waals surface area (Å²) in [6, 6.07) is 3.98. The van der Waals surface area contributed by atoms with Crippen molar-refractivity contribution < 1.29 is 22.7 Å². The van der Waals surface area contributed by atoms with Gasteiger partial charge in [0.2, 0.25) is 0 Å². The molecule has 0 bridgehead atoms. The third-order valence-corrected chi connectivity index (χ3v) is 3.29. The first-order valence-corrected chi connectivity index (χ1v) is 6.24. The quantitative estimate of drug-likeness (QED) is 0.526. The number of hydrogen-bond donors (Lipinski definition) is 1. The number of nitriles is 1. The van der Waals surface area contributed by atoms with E-state index >= 15 is 0 Å². The van der Waals surface area contributed by atoms with E-state index in [1.165, 1.54) is 13.0 Å². The number of carbonyl (C=O) groups is 1. The third kappa shape index (κ3) is 4.36. The van der Waals surface area contributed by atoms with Gasteiger partial charge in [-0.05, 0) is 30.8 Å². The molecule has 0 fully saturated rings. The predicted octanol–water partition coefficient (Wildman–Crippen LogP) is 3.64. The molecule has 0 aliphatic rings. The van der Waals surface area contributed by atoms with Gasteiger partial charge >= 0.3 is 11.5 Å². The molecule has 0 atom stereocenters. The van der Waals surface area contributed by atoms with Crippen molar-refractivity contribution in [3.63, 3.8) is 0 Å². The number of benzene rings is 1. The molecule has 1 rings (SSSR count). The number of thioether (sulfide) groups is 1. The van der Waals surface area contributed by atoms with Crippen LogP contribution < -0.4 is 0 Å². The van der Waals surface area contributed by atoms with Crippen LogP contribution in [0.25, 0.3) is 0 Å². The van der Waals surface area contributed by atoms with E-state index in [9.17, 15) is 18.0 Å². The Morgan fingerprint density at radius 2 is 2.16 bits per heavy atom. The minimum Gasteiger partial charge on any atom is -0.462 e. The number of alkyl halides is 3. The average molecular weight is 307 g/mol. The van der Waals surface area contributed by atoms with Crippen LogP contribution in [0.3, 0.4) is 0 Å². The molecule has 3 nitrogen and oxygen atoms in total. The molecule has 0 heterocycles. The second-order valence-electron chi connectivity index (χ2n) is 3.25. The summed E-state index contributed by atoms with van der Waals surface area (Å²) in [5, 5.41) is 8.76. The maximum atomic E-state index is 12.4. The fourth-order valence-corrected chi connectivity index (χ4v) is 2.31. The highest BCUT2D eigenvalue weighted by Gasteiger charge is 2.33. The number of halogens is 3. The smallest absolute Gasteiger partial charge is 0.446 e. The van der Waals surface area contributed by atoms with Gasteiger partial charge in [-0.25, -0.2) is 4.79 Å². The molecule has 19 heavy (non-hydrogen) atoms. The summed E-state index contributed by atoms with van der Waals surface area (Å²) in [7, 11) is 0. The number of esters is 1. The molecule has 0 N–H and O–H groups in total. The number of ether oxygens (including phenoxy) is 1. The second-order valence-corrected chi connectivity index (χ2v) is 4.81. The Hall–Kier alpha value is -1.33. The van der Waals surface area contributed by atoms with Crippen LogP contribution >= 0.6 is 24.4 Å². The second kappa shape index (κ2) is 6.21. The Bertz CT molecular complexity index is 538. The highest BCUT2D eigenvalue weighted by molar-refractivity contribution is 8.00. The molecule has 0 aromatic heterocycles. The summed E-state index contributed by atoms with van der Waals surface area (Å²) in [6.45, 7) is 1.55. The van der Waals surface area contributed by atoms with Crippen molar-refractivity contribution in [2.45, 2.75) is 22.2 Å². The third-order valence-electron chi connectivity index (χ3n) is 1.91. The van der Waals surface area contributed by atoms with Crippen molar-refractivity contribution in [1.82, 2.24) is 0 Å². The van der Waals surface area contributed by atoms with Crippen LogP contribution in [-0.4, -0.2) is 18.1 Å². The molecule has 0 aliphatic heterocycles. The standard InChI is InChI=1S/C11H8F3NO2S2/c1-2-17-10(16)7-3-6(5-15)4-8(18)9(7)19-11(12,13)14/h3-4,18H,2H2,1H3. The molecule has 0 radical (unpaired) electrons. The van der Waals surface area contributed by atoms with Crippen molar-refractivity contribution in [1.29, 1.82) is 5.26 Å². The Morgan fingerprint density at radius 3 is 2.63 bits per heavy atom. The number of carbonyl (C=O) groups excluding carboxylic acids is 1. The first-order valence-electron chi connectivity index (χ1n) is 4.98. The average Bonchev–Trinajstić information content (AvgIpc) is 2.30. The monoisotopic (exact) mass is 307 g/mol. The van der Waals surface area contributed by atoms with E-state index in [0.717, 1.165) is 6.07 Å². The Labute approximate surface area is 117 Å². The molecule has 1 aromatic carbocycles. The molecule has 102 valence electrons. The molecular weight excluding hydrogens is 299 g/mol. The Balaban J connectivity index is 3.34. The van der Waals surface area contributed by atoms with Crippen molar-refractivity contribution in [3.8, 4) is 6.07 Å². The first-order chi connectivity index (χ1) is 8.78. The zero-order chi connectivity index (χ0) is 14.6. The number of nitrogens with zero attached hydrogens (tertiary/aromatic N) is 1. The minimum atomic E-state index is -4.56. The van der Waals surface area contributed by atoms with E-state index in [4.69, 9.17) is 5.26 Å². The highest BCUT2D eigenvalue weighted by Crippen LogP contribution is 2.42. The van der Waals surface area contributed by atoms with E-state index in [2.05, 4.69) is 17.4 Å². The Morgan fingerprint density at radius 1 is 1.53 bits per heavy atom. The lowest BCUT2D eigenvalue weighted by atomic mass is 10.1. The van der Waals surface area contributed by atoms with Gasteiger partial charge in [0.25, 0.3) is 0 Å². The van der Waals surface area contributed by atoms with Crippen molar-refractivity contribution in [2.75, 3.05) is 6.61 Å². The van der Waals surface area contributed by atoms with Crippen LogP contribution in [0.1, 0.15) is 22.8 Å². The zero-order valence-electron chi connectivity index (χ0n) is 9.61. The molecule has 0 unspecified atom stereocenters. The van der Waals surface area contributed by atoms with Crippen LogP contribution in [0, 0.1) is 11.3 Å². The fourth-order valence-electron chi connectivity index (χ4n) is 1.26. The topological polar surface area (TPSA) is 50.1 Å². The van der Waals surface area contributed by atoms with Crippen molar-refractivity contribution >= 4 is 30.4 Å². The molecule has 0 saturated heterocycles. The van der Waals surface area contributed by atoms with Gasteiger partial charge in [-0.1, -0.05) is 0 Å². The van der Waals surface area contributed by atoms with Crippen molar-refractivity contribution in [3.05, 3.63) is 23.3 Å². The largest absolute Gasteiger partial charge is 0.462 e. The lowest BCUT2D eigenvalue weighted by molar-refractivity contribution is -0.0329. The molecule has 0 spiro atoms. The van der Waals surface area contributed by atoms with Crippen LogP contribution in [-0.2, 0) is 4.74 Å². The van der Waals surface area contributed by atoms with Crippen LogP contribution in [0.5, 0.6) is 0 Å². The number of hydrogen-bond acceptors (Lipinski definition) is 5. The summed E-state index contributed by atoms with van der Waals surface area (Å²) in [5.41, 5.74) is -4.83. The SMILES string of the molecule is CCOC(=O)c1cc(C#N)cc(S)c1SC(F)(F)F. The molecule has 0 saturated carbocycles. The van der Waals surface area contributed by atoms with Crippen LogP contribution in [0.4, 0.5) is 13.2 Å². The number of rotatable bonds is 3. The van der Waals surface area contributed by atoms with E-state index in [1.54, 1.807) is 6.07 Å². The summed E-state index contributed by atoms with van der Waals surface area (Å²) in [6.07, 6.45) is 0. The maximum Gasteiger partial charge on any atom is 0.446 e. The molecule has 0 amide bonds. The molecule has 8 heteroatoms. The normalized spacial score (nSPS) is 10.9. The summed E-state index contributed by atoms with van der Waals surface area (Å²) >= 11 is 3.43. The van der Waals surface area contributed by atoms with Gasteiger partial charge in [0.1, 0.15) is 0 Å². The van der Waals surface area contributed by atoms with Gasteiger partial charge in [-0.2, -0.15) is 18.4 Å². The van der Waals surface area contributed by atoms with Gasteiger partial charge in [0, 0.05) is 9.79 Å². The summed E-state index contributed by atoms with van der Waals surface area (Å²) in [5.74, 6) is -0.915. The van der Waals surface area contributed by atoms with Gasteiger partial charge in [0.15, 0.2) is 0 Å². The minimum absolute atomic E-state index is 0.0215. The van der Waals surface area contributed by atoms with Gasteiger partial charge in [-0.3, -0.25) is 0 Å².